The molecule has 2 N–H and O–H groups in total. The number of aromatic nitrogens is 1. The molecule has 3 aromatic carbocycles. The first-order valence-corrected chi connectivity index (χ1v) is 12.9. The number of rotatable bonds is 6. The summed E-state index contributed by atoms with van der Waals surface area (Å²) in [5.41, 5.74) is 2.06. The van der Waals surface area contributed by atoms with Crippen molar-refractivity contribution in [2.24, 2.45) is 0 Å². The summed E-state index contributed by atoms with van der Waals surface area (Å²) in [5.74, 6) is 0.509. The van der Waals surface area contributed by atoms with Gasteiger partial charge < -0.3 is 29.7 Å². The van der Waals surface area contributed by atoms with E-state index in [9.17, 15) is 18.0 Å². The molecule has 0 radical (unpaired) electrons. The zero-order valence-electron chi connectivity index (χ0n) is 22.8. The van der Waals surface area contributed by atoms with Crippen molar-refractivity contribution >= 4 is 34.0 Å². The van der Waals surface area contributed by atoms with Gasteiger partial charge in [-0.25, -0.2) is 9.78 Å². The number of morpholine rings is 1. The van der Waals surface area contributed by atoms with Crippen molar-refractivity contribution in [2.45, 2.75) is 13.1 Å². The van der Waals surface area contributed by atoms with Crippen molar-refractivity contribution in [3.8, 4) is 22.6 Å². The van der Waals surface area contributed by atoms with Crippen molar-refractivity contribution in [1.82, 2.24) is 4.98 Å². The van der Waals surface area contributed by atoms with E-state index < -0.39 is 23.5 Å². The summed E-state index contributed by atoms with van der Waals surface area (Å²) in [6.07, 6.45) is -4.69. The Morgan fingerprint density at radius 2 is 1.54 bits per heavy atom. The van der Waals surface area contributed by atoms with Gasteiger partial charge in [-0.05, 0) is 42.1 Å². The summed E-state index contributed by atoms with van der Waals surface area (Å²) < 4.78 is 56.2. The van der Waals surface area contributed by atoms with E-state index in [0.29, 0.717) is 18.9 Å². The monoisotopic (exact) mass is 566 g/mol. The SMILES string of the molecule is COc1cc(OC)c(C(F)(F)F)cc1NC(=O)Nc1ccc(-c2ccc(N3CCOCC3)nc2C)c2ccccc12. The van der Waals surface area contributed by atoms with E-state index in [4.69, 9.17) is 19.2 Å². The number of alkyl halides is 3. The lowest BCUT2D eigenvalue weighted by Crippen LogP contribution is -2.36. The number of carbonyl (C=O) groups excluding carboxylic acids is 1. The Morgan fingerprint density at radius 3 is 2.20 bits per heavy atom. The molecule has 1 aliphatic rings. The molecule has 1 aromatic heterocycles. The number of aryl methyl sites for hydroxylation is 1. The molecule has 4 aromatic rings. The van der Waals surface area contributed by atoms with Crippen LogP contribution in [-0.2, 0) is 10.9 Å². The number of carbonyl (C=O) groups is 1. The number of halogens is 3. The molecule has 2 amide bonds. The molecule has 214 valence electrons. The number of urea groups is 1. The number of nitrogens with zero attached hydrogens (tertiary/aromatic N) is 2. The molecule has 0 aliphatic carbocycles. The number of amides is 2. The number of benzene rings is 3. The van der Waals surface area contributed by atoms with E-state index in [2.05, 4.69) is 15.5 Å². The summed E-state index contributed by atoms with van der Waals surface area (Å²) >= 11 is 0. The minimum atomic E-state index is -4.69. The summed E-state index contributed by atoms with van der Waals surface area (Å²) in [5, 5.41) is 6.89. The van der Waals surface area contributed by atoms with Crippen LogP contribution in [0.4, 0.5) is 35.2 Å². The van der Waals surface area contributed by atoms with Crippen LogP contribution < -0.4 is 25.0 Å². The predicted molar refractivity (Wildman–Crippen MR) is 152 cm³/mol. The smallest absolute Gasteiger partial charge is 0.420 e. The number of nitrogens with one attached hydrogen (secondary N) is 2. The summed E-state index contributed by atoms with van der Waals surface area (Å²) in [4.78, 5) is 20.0. The molecule has 0 unspecified atom stereocenters. The van der Waals surface area contributed by atoms with Gasteiger partial charge in [0.05, 0.1) is 44.4 Å². The number of methoxy groups -OCH3 is 2. The quantitative estimate of drug-likeness (QED) is 0.269. The van der Waals surface area contributed by atoms with Crippen LogP contribution in [-0.4, -0.2) is 51.5 Å². The fourth-order valence-electron chi connectivity index (χ4n) is 4.94. The van der Waals surface area contributed by atoms with Gasteiger partial charge in [-0.1, -0.05) is 30.3 Å². The van der Waals surface area contributed by atoms with E-state index in [0.717, 1.165) is 65.7 Å². The highest BCUT2D eigenvalue weighted by molar-refractivity contribution is 6.10. The zero-order valence-corrected chi connectivity index (χ0v) is 22.8. The molecule has 0 spiro atoms. The summed E-state index contributed by atoms with van der Waals surface area (Å²) in [6.45, 7) is 4.88. The molecular formula is C30H29F3N4O4. The molecular weight excluding hydrogens is 537 g/mol. The molecule has 0 bridgehead atoms. The van der Waals surface area contributed by atoms with Crippen molar-refractivity contribution in [3.05, 3.63) is 71.9 Å². The largest absolute Gasteiger partial charge is 0.496 e. The first-order chi connectivity index (χ1) is 19.7. The average Bonchev–Trinajstić information content (AvgIpc) is 2.97. The van der Waals surface area contributed by atoms with E-state index in [1.54, 1.807) is 6.07 Å². The van der Waals surface area contributed by atoms with Crippen LogP contribution in [0.5, 0.6) is 11.5 Å². The highest BCUT2D eigenvalue weighted by atomic mass is 19.4. The Balaban J connectivity index is 1.43. The number of hydrogen-bond acceptors (Lipinski definition) is 6. The Bertz CT molecular complexity index is 1590. The Hall–Kier alpha value is -4.51. The van der Waals surface area contributed by atoms with Crippen LogP contribution >= 0.6 is 0 Å². The molecule has 11 heteroatoms. The van der Waals surface area contributed by atoms with Gasteiger partial charge in [-0.3, -0.25) is 0 Å². The molecule has 2 heterocycles. The number of pyridine rings is 1. The van der Waals surface area contributed by atoms with Crippen LogP contribution in [0.3, 0.4) is 0 Å². The van der Waals surface area contributed by atoms with Crippen LogP contribution in [0.1, 0.15) is 11.3 Å². The predicted octanol–water partition coefficient (Wildman–Crippen LogP) is 6.73. The van der Waals surface area contributed by atoms with Gasteiger partial charge >= 0.3 is 12.2 Å². The van der Waals surface area contributed by atoms with Gasteiger partial charge in [0.15, 0.2) is 0 Å². The van der Waals surface area contributed by atoms with Gasteiger partial charge in [0, 0.05) is 35.8 Å². The third-order valence-electron chi connectivity index (χ3n) is 6.94. The number of anilines is 3. The molecule has 1 saturated heterocycles. The topological polar surface area (TPSA) is 85.0 Å². The van der Waals surface area contributed by atoms with Crippen molar-refractivity contribution in [1.29, 1.82) is 0 Å². The standard InChI is InChI=1S/C30H29F3N4O4/c1-18-19(9-11-28(34-18)37-12-14-41-15-13-37)21-8-10-24(22-7-5-4-6-20(21)22)35-29(38)36-25-16-23(30(31,32)33)26(39-2)17-27(25)40-3/h4-11,16-17H,12-15H2,1-3H3,(H2,35,36,38). The van der Waals surface area contributed by atoms with Crippen LogP contribution in [0.2, 0.25) is 0 Å². The molecule has 0 atom stereocenters. The van der Waals surface area contributed by atoms with Gasteiger partial charge in [0.2, 0.25) is 0 Å². The lowest BCUT2D eigenvalue weighted by Gasteiger charge is -2.28. The van der Waals surface area contributed by atoms with Crippen LogP contribution in [0.15, 0.2) is 60.7 Å². The maximum atomic E-state index is 13.6. The highest BCUT2D eigenvalue weighted by Crippen LogP contribution is 2.42. The number of ether oxygens (including phenoxy) is 3. The van der Waals surface area contributed by atoms with Crippen molar-refractivity contribution < 1.29 is 32.2 Å². The third-order valence-corrected chi connectivity index (χ3v) is 6.94. The molecule has 1 aliphatic heterocycles. The van der Waals surface area contributed by atoms with Crippen molar-refractivity contribution in [2.75, 3.05) is 56.1 Å². The van der Waals surface area contributed by atoms with Gasteiger partial charge in [0.25, 0.3) is 0 Å². The molecule has 0 saturated carbocycles. The first kappa shape index (κ1) is 28.0. The van der Waals surface area contributed by atoms with Crippen molar-refractivity contribution in [3.63, 3.8) is 0 Å². The molecule has 8 nitrogen and oxygen atoms in total. The second-order valence-corrected chi connectivity index (χ2v) is 9.44. The Kier molecular flexibility index (Phi) is 7.89. The lowest BCUT2D eigenvalue weighted by molar-refractivity contribution is -0.138. The molecule has 5 rings (SSSR count). The van der Waals surface area contributed by atoms with E-state index in [1.807, 2.05) is 49.4 Å². The number of fused-ring (bicyclic) bond motifs is 1. The fourth-order valence-corrected chi connectivity index (χ4v) is 4.94. The molecule has 1 fully saturated rings. The summed E-state index contributed by atoms with van der Waals surface area (Å²) in [7, 11) is 2.43. The van der Waals surface area contributed by atoms with Crippen LogP contribution in [0, 0.1) is 6.92 Å². The number of hydrogen-bond donors (Lipinski definition) is 2. The Labute approximate surface area is 235 Å². The minimum Gasteiger partial charge on any atom is -0.496 e. The third kappa shape index (κ3) is 5.85. The zero-order chi connectivity index (χ0) is 29.1. The van der Waals surface area contributed by atoms with Gasteiger partial charge in [-0.15, -0.1) is 0 Å². The maximum absolute atomic E-state index is 13.6. The average molecular weight is 567 g/mol. The maximum Gasteiger partial charge on any atom is 0.420 e. The second kappa shape index (κ2) is 11.5. The van der Waals surface area contributed by atoms with E-state index in [1.165, 1.54) is 7.11 Å². The molecule has 41 heavy (non-hydrogen) atoms. The van der Waals surface area contributed by atoms with Gasteiger partial charge in [0.1, 0.15) is 17.3 Å². The highest BCUT2D eigenvalue weighted by Gasteiger charge is 2.35. The second-order valence-electron chi connectivity index (χ2n) is 9.44. The fraction of sp³-hybridized carbons (Fsp3) is 0.267. The van der Waals surface area contributed by atoms with Gasteiger partial charge in [-0.2, -0.15) is 13.2 Å². The minimum absolute atomic E-state index is 0.0220. The van der Waals surface area contributed by atoms with E-state index in [-0.39, 0.29) is 11.4 Å². The Morgan fingerprint density at radius 1 is 0.878 bits per heavy atom. The lowest BCUT2D eigenvalue weighted by atomic mass is 9.96. The summed E-state index contributed by atoms with van der Waals surface area (Å²) in [6, 6.07) is 16.4. The normalized spacial score (nSPS) is 13.7. The first-order valence-electron chi connectivity index (χ1n) is 12.9. The van der Waals surface area contributed by atoms with Crippen LogP contribution in [0.25, 0.3) is 21.9 Å². The van der Waals surface area contributed by atoms with E-state index >= 15 is 0 Å².